The standard InChI is InChI=1S/C37H46N4O5/c1-37(2,3)46-36(42)41-21-27(22-41)31-15-26(31)23-43-13-5-6-14-44-28-17-29(18-28)45-35-10-8-25(19-39-35)24-7-9-30-32-20-38-12-11-33(32)40(4)34(30)16-24/h7-12,16,19-20,26-29,31H,5-6,13-15,17-18,21-23H2,1-4H3/t26-,28-,29-,31+/m0/s1. The molecule has 1 aliphatic heterocycles. The molecule has 46 heavy (non-hydrogen) atoms. The van der Waals surface area contributed by atoms with Gasteiger partial charge < -0.3 is 28.4 Å². The van der Waals surface area contributed by atoms with Crippen LogP contribution in [-0.2, 0) is 21.3 Å². The van der Waals surface area contributed by atoms with Crippen LogP contribution in [0.2, 0.25) is 0 Å². The highest BCUT2D eigenvalue weighted by Gasteiger charge is 2.49. The number of ether oxygens (including phenoxy) is 4. The summed E-state index contributed by atoms with van der Waals surface area (Å²) in [6, 6.07) is 12.6. The van der Waals surface area contributed by atoms with E-state index in [-0.39, 0.29) is 18.3 Å². The van der Waals surface area contributed by atoms with Gasteiger partial charge in [0, 0.05) is 99.3 Å². The second-order valence-corrected chi connectivity index (χ2v) is 14.4. The Morgan fingerprint density at radius 1 is 0.913 bits per heavy atom. The molecule has 0 bridgehead atoms. The number of benzene rings is 1. The third-order valence-corrected chi connectivity index (χ3v) is 9.73. The van der Waals surface area contributed by atoms with Crippen LogP contribution in [0, 0.1) is 17.8 Å². The number of nitrogens with zero attached hydrogens (tertiary/aromatic N) is 4. The minimum atomic E-state index is -0.431. The predicted molar refractivity (Wildman–Crippen MR) is 178 cm³/mol. The van der Waals surface area contributed by atoms with E-state index in [1.807, 2.05) is 50.3 Å². The smallest absolute Gasteiger partial charge is 0.410 e. The van der Waals surface area contributed by atoms with Gasteiger partial charge in [-0.1, -0.05) is 12.1 Å². The maximum absolute atomic E-state index is 12.1. The molecule has 1 amide bonds. The fourth-order valence-corrected chi connectivity index (χ4v) is 6.86. The number of hydrogen-bond donors (Lipinski definition) is 0. The zero-order valence-corrected chi connectivity index (χ0v) is 27.5. The fraction of sp³-hybridized carbons (Fsp3) is 0.541. The lowest BCUT2D eigenvalue weighted by Gasteiger charge is -2.40. The summed E-state index contributed by atoms with van der Waals surface area (Å²) in [5.74, 6) is 2.62. The Morgan fingerprint density at radius 3 is 2.50 bits per heavy atom. The van der Waals surface area contributed by atoms with Crippen LogP contribution >= 0.6 is 0 Å². The summed E-state index contributed by atoms with van der Waals surface area (Å²) in [6.07, 6.45) is 11.0. The van der Waals surface area contributed by atoms with Crippen molar-refractivity contribution in [1.29, 1.82) is 0 Å². The summed E-state index contributed by atoms with van der Waals surface area (Å²) in [5.41, 5.74) is 4.13. The van der Waals surface area contributed by atoms with Crippen molar-refractivity contribution in [1.82, 2.24) is 19.4 Å². The minimum absolute atomic E-state index is 0.158. The normalized spacial score (nSPS) is 22.9. The first-order valence-electron chi connectivity index (χ1n) is 16.8. The van der Waals surface area contributed by atoms with Gasteiger partial charge >= 0.3 is 6.09 Å². The summed E-state index contributed by atoms with van der Waals surface area (Å²) >= 11 is 0. The molecule has 3 aromatic heterocycles. The van der Waals surface area contributed by atoms with Crippen molar-refractivity contribution in [3.8, 4) is 17.0 Å². The Balaban J connectivity index is 0.744. The molecule has 9 heteroatoms. The number of carbonyl (C=O) groups excluding carboxylic acids is 1. The maximum atomic E-state index is 12.1. The lowest BCUT2D eigenvalue weighted by Crippen LogP contribution is -2.52. The fourth-order valence-electron chi connectivity index (χ4n) is 6.86. The first-order valence-corrected chi connectivity index (χ1v) is 16.8. The number of likely N-dealkylation sites (tertiary alicyclic amines) is 1. The molecule has 0 unspecified atom stereocenters. The van der Waals surface area contributed by atoms with Crippen molar-refractivity contribution in [3.63, 3.8) is 0 Å². The number of aromatic nitrogens is 3. The van der Waals surface area contributed by atoms with E-state index >= 15 is 0 Å². The Kier molecular flexibility index (Phi) is 8.63. The molecule has 0 spiro atoms. The number of unbranched alkanes of at least 4 members (excludes halogenated alkanes) is 1. The topological polar surface area (TPSA) is 87.9 Å². The molecular formula is C37H46N4O5. The van der Waals surface area contributed by atoms with Crippen molar-refractivity contribution in [2.24, 2.45) is 24.8 Å². The average molecular weight is 627 g/mol. The summed E-state index contributed by atoms with van der Waals surface area (Å²) in [7, 11) is 2.10. The lowest BCUT2D eigenvalue weighted by atomic mass is 9.92. The maximum Gasteiger partial charge on any atom is 0.410 e. The summed E-state index contributed by atoms with van der Waals surface area (Å²) in [5, 5.41) is 2.38. The van der Waals surface area contributed by atoms with Crippen molar-refractivity contribution >= 4 is 27.9 Å². The quantitative estimate of drug-likeness (QED) is 0.156. The lowest BCUT2D eigenvalue weighted by molar-refractivity contribution is -0.0636. The van der Waals surface area contributed by atoms with Gasteiger partial charge in [-0.15, -0.1) is 0 Å². The van der Waals surface area contributed by atoms with Crippen molar-refractivity contribution < 1.29 is 23.7 Å². The van der Waals surface area contributed by atoms with E-state index in [2.05, 4.69) is 51.9 Å². The van der Waals surface area contributed by atoms with Crippen molar-refractivity contribution in [2.75, 3.05) is 32.9 Å². The number of rotatable bonds is 12. The molecule has 3 aliphatic rings. The van der Waals surface area contributed by atoms with E-state index in [1.165, 1.54) is 28.2 Å². The average Bonchev–Trinajstić information content (AvgIpc) is 3.69. The monoisotopic (exact) mass is 626 g/mol. The van der Waals surface area contributed by atoms with E-state index < -0.39 is 5.60 Å². The number of aryl methyl sites for hydroxylation is 1. The second kappa shape index (κ2) is 12.8. The molecule has 3 fully saturated rings. The first-order chi connectivity index (χ1) is 22.2. The Hall–Kier alpha value is -3.69. The zero-order valence-electron chi connectivity index (χ0n) is 27.5. The van der Waals surface area contributed by atoms with Gasteiger partial charge in [0.05, 0.1) is 11.6 Å². The van der Waals surface area contributed by atoms with E-state index in [1.54, 1.807) is 0 Å². The third-order valence-electron chi connectivity index (χ3n) is 9.73. The Bertz CT molecular complexity index is 1670. The predicted octanol–water partition coefficient (Wildman–Crippen LogP) is 7.01. The van der Waals surface area contributed by atoms with Crippen LogP contribution in [0.1, 0.15) is 52.9 Å². The molecule has 2 saturated carbocycles. The van der Waals surface area contributed by atoms with Gasteiger partial charge in [0.25, 0.3) is 0 Å². The molecule has 1 aromatic carbocycles. The van der Waals surface area contributed by atoms with E-state index in [0.29, 0.717) is 23.6 Å². The first kappa shape index (κ1) is 30.9. The largest absolute Gasteiger partial charge is 0.474 e. The molecule has 2 aliphatic carbocycles. The molecule has 9 nitrogen and oxygen atoms in total. The summed E-state index contributed by atoms with van der Waals surface area (Å²) < 4.78 is 25.8. The minimum Gasteiger partial charge on any atom is -0.474 e. The van der Waals surface area contributed by atoms with Crippen LogP contribution in [0.5, 0.6) is 5.88 Å². The highest BCUT2D eigenvalue weighted by atomic mass is 16.6. The third kappa shape index (κ3) is 6.86. The molecular weight excluding hydrogens is 580 g/mol. The van der Waals surface area contributed by atoms with Gasteiger partial charge in [0.15, 0.2) is 0 Å². The van der Waals surface area contributed by atoms with Crippen LogP contribution < -0.4 is 4.74 Å². The van der Waals surface area contributed by atoms with Crippen molar-refractivity contribution in [3.05, 3.63) is 55.0 Å². The van der Waals surface area contributed by atoms with Crippen LogP contribution in [0.3, 0.4) is 0 Å². The van der Waals surface area contributed by atoms with Gasteiger partial charge in [-0.05, 0) is 81.5 Å². The Labute approximate surface area is 271 Å². The zero-order chi connectivity index (χ0) is 31.8. The number of amides is 1. The van der Waals surface area contributed by atoms with E-state index in [0.717, 1.165) is 69.7 Å². The highest BCUT2D eigenvalue weighted by Crippen LogP contribution is 2.47. The SMILES string of the molecule is Cn1c2ccncc2c2ccc(-c3ccc(O[C@H]4C[C@H](OCCCCOC[C@@H]5C[C@H]5C5CN(C(=O)OC(C)(C)C)C5)C4)nc3)cc21. The Morgan fingerprint density at radius 2 is 1.72 bits per heavy atom. The molecule has 0 radical (unpaired) electrons. The number of pyridine rings is 2. The second-order valence-electron chi connectivity index (χ2n) is 14.4. The molecule has 0 N–H and O–H groups in total. The number of hydrogen-bond acceptors (Lipinski definition) is 7. The van der Waals surface area contributed by atoms with Crippen LogP contribution in [0.25, 0.3) is 32.9 Å². The van der Waals surface area contributed by atoms with Gasteiger partial charge in [0.1, 0.15) is 11.7 Å². The molecule has 244 valence electrons. The van der Waals surface area contributed by atoms with Gasteiger partial charge in [0.2, 0.25) is 5.88 Å². The summed E-state index contributed by atoms with van der Waals surface area (Å²) in [6.45, 7) is 9.76. The highest BCUT2D eigenvalue weighted by molar-refractivity contribution is 6.08. The van der Waals surface area contributed by atoms with Crippen molar-refractivity contribution in [2.45, 2.75) is 70.7 Å². The van der Waals surface area contributed by atoms with E-state index in [4.69, 9.17) is 18.9 Å². The molecule has 4 heterocycles. The number of fused-ring (bicyclic) bond motifs is 3. The molecule has 7 rings (SSSR count). The molecule has 4 aromatic rings. The van der Waals surface area contributed by atoms with Gasteiger partial charge in [-0.3, -0.25) is 4.98 Å². The van der Waals surface area contributed by atoms with Gasteiger partial charge in [-0.2, -0.15) is 0 Å². The van der Waals surface area contributed by atoms with Gasteiger partial charge in [-0.25, -0.2) is 9.78 Å². The summed E-state index contributed by atoms with van der Waals surface area (Å²) in [4.78, 5) is 22.9. The molecule has 2 atom stereocenters. The van der Waals surface area contributed by atoms with Crippen LogP contribution in [0.4, 0.5) is 4.79 Å². The number of carbonyl (C=O) groups is 1. The van der Waals surface area contributed by atoms with E-state index in [9.17, 15) is 4.79 Å². The molecule has 1 saturated heterocycles. The van der Waals surface area contributed by atoms with Crippen LogP contribution in [-0.4, -0.2) is 76.2 Å². The van der Waals surface area contributed by atoms with Crippen LogP contribution in [0.15, 0.2) is 55.0 Å².